The number of piperidine rings is 1. The molecule has 1 aromatic rings. The van der Waals surface area contributed by atoms with Crippen LogP contribution in [0.2, 0.25) is 0 Å². The number of nitrogens with zero attached hydrogens (tertiary/aromatic N) is 1. The second kappa shape index (κ2) is 6.24. The van der Waals surface area contributed by atoms with Gasteiger partial charge in [0.05, 0.1) is 0 Å². The third-order valence-electron chi connectivity index (χ3n) is 5.06. The third-order valence-corrected chi connectivity index (χ3v) is 5.06. The van der Waals surface area contributed by atoms with Crippen molar-refractivity contribution in [3.8, 4) is 0 Å². The lowest BCUT2D eigenvalue weighted by Gasteiger charge is -2.44. The van der Waals surface area contributed by atoms with Gasteiger partial charge in [0.2, 0.25) is 0 Å². The van der Waals surface area contributed by atoms with Crippen molar-refractivity contribution in [3.63, 3.8) is 0 Å². The summed E-state index contributed by atoms with van der Waals surface area (Å²) in [4.78, 5) is 25.1. The fourth-order valence-electron chi connectivity index (χ4n) is 4.03. The average Bonchev–Trinajstić information content (AvgIpc) is 2.82. The maximum absolute atomic E-state index is 12.2. The molecule has 2 aliphatic rings. The first-order valence-electron chi connectivity index (χ1n) is 8.73. The zero-order valence-corrected chi connectivity index (χ0v) is 15.0. The molecule has 136 valence electrons. The Labute approximate surface area is 148 Å². The lowest BCUT2D eigenvalue weighted by Crippen LogP contribution is -2.57. The Bertz CT molecular complexity index is 655. The molecule has 6 nitrogen and oxygen atoms in total. The number of amides is 2. The van der Waals surface area contributed by atoms with Gasteiger partial charge in [0.1, 0.15) is 11.8 Å². The number of rotatable bonds is 1. The van der Waals surface area contributed by atoms with Gasteiger partial charge in [-0.3, -0.25) is 4.90 Å². The third kappa shape index (κ3) is 3.89. The van der Waals surface area contributed by atoms with Crippen molar-refractivity contribution in [1.82, 2.24) is 10.2 Å². The highest BCUT2D eigenvalue weighted by Crippen LogP contribution is 2.46. The Balaban J connectivity index is 1.75. The highest BCUT2D eigenvalue weighted by Gasteiger charge is 2.45. The molecule has 0 bridgehead atoms. The minimum Gasteiger partial charge on any atom is -0.465 e. The van der Waals surface area contributed by atoms with E-state index < -0.39 is 24.0 Å². The molecule has 1 saturated heterocycles. The van der Waals surface area contributed by atoms with Crippen molar-refractivity contribution >= 4 is 12.2 Å². The Hall–Kier alpha value is -2.24. The number of benzene rings is 1. The zero-order chi connectivity index (χ0) is 18.2. The molecule has 1 unspecified atom stereocenters. The molecule has 0 saturated carbocycles. The summed E-state index contributed by atoms with van der Waals surface area (Å²) in [6, 6.07) is 8.37. The SMILES string of the molecule is CC(C)(C)OC(=O)NC1CC2(CCN1C(=O)O)Cc1ccccc1C2. The fraction of sp³-hybridized carbons (Fsp3) is 0.579. The summed E-state index contributed by atoms with van der Waals surface area (Å²) in [6.45, 7) is 5.79. The van der Waals surface area contributed by atoms with E-state index in [1.165, 1.54) is 16.0 Å². The molecule has 1 aliphatic heterocycles. The first kappa shape index (κ1) is 17.6. The molecule has 1 atom stereocenters. The molecular weight excluding hydrogens is 320 g/mol. The lowest BCUT2D eigenvalue weighted by atomic mass is 9.74. The Morgan fingerprint density at radius 1 is 1.24 bits per heavy atom. The van der Waals surface area contributed by atoms with E-state index in [2.05, 4.69) is 17.4 Å². The Morgan fingerprint density at radius 3 is 2.36 bits per heavy atom. The summed E-state index contributed by atoms with van der Waals surface area (Å²) in [5.74, 6) is 0. The quantitative estimate of drug-likeness (QED) is 0.817. The van der Waals surface area contributed by atoms with Crippen LogP contribution in [0.25, 0.3) is 0 Å². The Kier molecular flexibility index (Phi) is 4.39. The van der Waals surface area contributed by atoms with Gasteiger partial charge in [-0.2, -0.15) is 0 Å². The number of carboxylic acid groups (broad SMARTS) is 1. The van der Waals surface area contributed by atoms with Crippen molar-refractivity contribution < 1.29 is 19.4 Å². The van der Waals surface area contributed by atoms with Gasteiger partial charge in [0.15, 0.2) is 0 Å². The van der Waals surface area contributed by atoms with Crippen molar-refractivity contribution in [2.75, 3.05) is 6.54 Å². The molecule has 3 rings (SSSR count). The van der Waals surface area contributed by atoms with Crippen LogP contribution < -0.4 is 5.32 Å². The largest absolute Gasteiger partial charge is 0.465 e. The number of hydrogen-bond acceptors (Lipinski definition) is 3. The van der Waals surface area contributed by atoms with E-state index in [-0.39, 0.29) is 5.41 Å². The van der Waals surface area contributed by atoms with E-state index in [1.54, 1.807) is 20.8 Å². The van der Waals surface area contributed by atoms with E-state index in [9.17, 15) is 14.7 Å². The van der Waals surface area contributed by atoms with E-state index in [0.29, 0.717) is 13.0 Å². The Morgan fingerprint density at radius 2 is 1.84 bits per heavy atom. The summed E-state index contributed by atoms with van der Waals surface area (Å²) < 4.78 is 5.31. The molecule has 1 spiro atoms. The first-order valence-corrected chi connectivity index (χ1v) is 8.73. The van der Waals surface area contributed by atoms with Crippen LogP contribution in [0.5, 0.6) is 0 Å². The van der Waals surface area contributed by atoms with Gasteiger partial charge < -0.3 is 15.2 Å². The predicted octanol–water partition coefficient (Wildman–Crippen LogP) is 3.40. The number of nitrogens with one attached hydrogen (secondary N) is 1. The van der Waals surface area contributed by atoms with Gasteiger partial charge in [0.25, 0.3) is 0 Å². The number of alkyl carbamates (subject to hydrolysis) is 1. The van der Waals surface area contributed by atoms with Gasteiger partial charge in [-0.1, -0.05) is 24.3 Å². The number of ether oxygens (including phenoxy) is 1. The van der Waals surface area contributed by atoms with E-state index >= 15 is 0 Å². The standard InChI is InChI=1S/C19H26N2O4/c1-18(2,3)25-16(22)20-15-12-19(8-9-21(15)17(23)24)10-13-6-4-5-7-14(13)11-19/h4-7,15H,8-12H2,1-3H3,(H,20,22)(H,23,24). The summed E-state index contributed by atoms with van der Waals surface area (Å²) in [6.07, 6.45) is 1.14. The predicted molar refractivity (Wildman–Crippen MR) is 93.4 cm³/mol. The topological polar surface area (TPSA) is 78.9 Å². The second-order valence-electron chi connectivity index (χ2n) is 8.21. The number of hydrogen-bond donors (Lipinski definition) is 2. The van der Waals surface area contributed by atoms with Gasteiger partial charge in [0, 0.05) is 6.54 Å². The van der Waals surface area contributed by atoms with Crippen LogP contribution in [0.4, 0.5) is 9.59 Å². The van der Waals surface area contributed by atoms with Gasteiger partial charge >= 0.3 is 12.2 Å². The smallest absolute Gasteiger partial charge is 0.409 e. The highest BCUT2D eigenvalue weighted by molar-refractivity contribution is 5.70. The fourth-order valence-corrected chi connectivity index (χ4v) is 4.03. The summed E-state index contributed by atoms with van der Waals surface area (Å²) in [5.41, 5.74) is 2.06. The molecule has 1 fully saturated rings. The highest BCUT2D eigenvalue weighted by atomic mass is 16.6. The molecule has 1 aliphatic carbocycles. The van der Waals surface area contributed by atoms with Crippen LogP contribution >= 0.6 is 0 Å². The van der Waals surface area contributed by atoms with Crippen LogP contribution in [-0.2, 0) is 17.6 Å². The van der Waals surface area contributed by atoms with Crippen molar-refractivity contribution in [2.45, 2.75) is 58.2 Å². The molecule has 1 aromatic carbocycles. The van der Waals surface area contributed by atoms with Crippen molar-refractivity contribution in [1.29, 1.82) is 0 Å². The number of carbonyl (C=O) groups is 2. The van der Waals surface area contributed by atoms with Gasteiger partial charge in [-0.25, -0.2) is 9.59 Å². The molecule has 6 heteroatoms. The minimum atomic E-state index is -1.01. The zero-order valence-electron chi connectivity index (χ0n) is 15.0. The molecule has 1 heterocycles. The van der Waals surface area contributed by atoms with Crippen LogP contribution in [0.1, 0.15) is 44.7 Å². The van der Waals surface area contributed by atoms with Crippen molar-refractivity contribution in [2.24, 2.45) is 5.41 Å². The lowest BCUT2D eigenvalue weighted by molar-refractivity contribution is 0.0180. The first-order chi connectivity index (χ1) is 11.7. The molecule has 2 amide bonds. The number of carbonyl (C=O) groups excluding carboxylic acids is 1. The average molecular weight is 346 g/mol. The normalized spacial score (nSPS) is 21.7. The maximum Gasteiger partial charge on any atom is 0.409 e. The maximum atomic E-state index is 12.2. The summed E-state index contributed by atoms with van der Waals surface area (Å²) >= 11 is 0. The van der Waals surface area contributed by atoms with Crippen molar-refractivity contribution in [3.05, 3.63) is 35.4 Å². The minimum absolute atomic E-state index is 0.00924. The van der Waals surface area contributed by atoms with E-state index in [0.717, 1.165) is 19.3 Å². The van der Waals surface area contributed by atoms with E-state index in [4.69, 9.17) is 4.74 Å². The molecule has 25 heavy (non-hydrogen) atoms. The molecule has 0 radical (unpaired) electrons. The van der Waals surface area contributed by atoms with Crippen LogP contribution in [0.15, 0.2) is 24.3 Å². The number of likely N-dealkylation sites (tertiary alicyclic amines) is 1. The van der Waals surface area contributed by atoms with Gasteiger partial charge in [-0.15, -0.1) is 0 Å². The van der Waals surface area contributed by atoms with Crippen LogP contribution in [0, 0.1) is 5.41 Å². The monoisotopic (exact) mass is 346 g/mol. The molecule has 2 N–H and O–H groups in total. The second-order valence-corrected chi connectivity index (χ2v) is 8.21. The number of fused-ring (bicyclic) bond motifs is 1. The molecular formula is C19H26N2O4. The molecule has 0 aromatic heterocycles. The summed E-state index contributed by atoms with van der Waals surface area (Å²) in [5, 5.41) is 12.3. The van der Waals surface area contributed by atoms with Crippen LogP contribution in [0.3, 0.4) is 0 Å². The van der Waals surface area contributed by atoms with E-state index in [1.807, 2.05) is 12.1 Å². The van der Waals surface area contributed by atoms with Crippen LogP contribution in [-0.4, -0.2) is 40.5 Å². The summed E-state index contributed by atoms with van der Waals surface area (Å²) in [7, 11) is 0. The van der Waals surface area contributed by atoms with Gasteiger partial charge in [-0.05, 0) is 63.0 Å².